The van der Waals surface area contributed by atoms with E-state index in [0.717, 1.165) is 5.56 Å². The molecule has 0 unspecified atom stereocenters. The standard InChI is InChI=1S/C14H15ClN4O2/c1-9(13(16)20)18-14(21)11-6-17-19(8-11)7-10-4-2-3-5-12(10)15/h2-6,8-9H,7H2,1H3,(H2,16,20)(H,18,21)/t9-/m0/s1. The van der Waals surface area contributed by atoms with Crippen LogP contribution in [0.1, 0.15) is 22.8 Å². The van der Waals surface area contributed by atoms with Gasteiger partial charge in [-0.1, -0.05) is 29.8 Å². The van der Waals surface area contributed by atoms with Gasteiger partial charge in [0.2, 0.25) is 5.91 Å². The van der Waals surface area contributed by atoms with Crippen molar-refractivity contribution in [3.63, 3.8) is 0 Å². The van der Waals surface area contributed by atoms with E-state index in [1.54, 1.807) is 16.9 Å². The van der Waals surface area contributed by atoms with Crippen LogP contribution in [0.5, 0.6) is 0 Å². The maximum Gasteiger partial charge on any atom is 0.255 e. The fourth-order valence-corrected chi connectivity index (χ4v) is 1.92. The van der Waals surface area contributed by atoms with Crippen LogP contribution >= 0.6 is 11.6 Å². The monoisotopic (exact) mass is 306 g/mol. The Morgan fingerprint density at radius 3 is 2.81 bits per heavy atom. The highest BCUT2D eigenvalue weighted by Gasteiger charge is 2.15. The zero-order valence-corrected chi connectivity index (χ0v) is 12.2. The number of halogens is 1. The molecule has 2 aromatic rings. The Labute approximate surface area is 126 Å². The molecule has 6 nitrogen and oxygen atoms in total. The van der Waals surface area contributed by atoms with Crippen molar-refractivity contribution in [3.8, 4) is 0 Å². The number of nitrogens with one attached hydrogen (secondary N) is 1. The minimum absolute atomic E-state index is 0.357. The number of amides is 2. The maximum atomic E-state index is 11.9. The number of hydrogen-bond donors (Lipinski definition) is 2. The summed E-state index contributed by atoms with van der Waals surface area (Å²) < 4.78 is 1.60. The van der Waals surface area contributed by atoms with Crippen molar-refractivity contribution >= 4 is 23.4 Å². The van der Waals surface area contributed by atoms with Gasteiger partial charge in [-0.25, -0.2) is 0 Å². The number of benzene rings is 1. The summed E-state index contributed by atoms with van der Waals surface area (Å²) in [5, 5.41) is 7.24. The molecule has 1 heterocycles. The van der Waals surface area contributed by atoms with Crippen molar-refractivity contribution < 1.29 is 9.59 Å². The first-order valence-electron chi connectivity index (χ1n) is 6.33. The van der Waals surface area contributed by atoms with Crippen LogP contribution in [-0.2, 0) is 11.3 Å². The average Bonchev–Trinajstić information content (AvgIpc) is 2.90. The molecule has 1 atom stereocenters. The third-order valence-corrected chi connectivity index (χ3v) is 3.33. The SMILES string of the molecule is C[C@H](NC(=O)c1cnn(Cc2ccccc2Cl)c1)C(N)=O. The lowest BCUT2D eigenvalue weighted by molar-refractivity contribution is -0.119. The van der Waals surface area contributed by atoms with Crippen molar-refractivity contribution in [2.45, 2.75) is 19.5 Å². The van der Waals surface area contributed by atoms with E-state index in [1.807, 2.05) is 18.2 Å². The molecule has 0 fully saturated rings. The van der Waals surface area contributed by atoms with Crippen LogP contribution in [0.4, 0.5) is 0 Å². The third-order valence-electron chi connectivity index (χ3n) is 2.96. The van der Waals surface area contributed by atoms with E-state index >= 15 is 0 Å². The van der Waals surface area contributed by atoms with E-state index in [-0.39, 0.29) is 0 Å². The second-order valence-corrected chi connectivity index (χ2v) is 5.02. The first-order valence-corrected chi connectivity index (χ1v) is 6.71. The van der Waals surface area contributed by atoms with Crippen molar-refractivity contribution in [2.24, 2.45) is 5.73 Å². The lowest BCUT2D eigenvalue weighted by Gasteiger charge is -2.08. The highest BCUT2D eigenvalue weighted by molar-refractivity contribution is 6.31. The summed E-state index contributed by atoms with van der Waals surface area (Å²) >= 11 is 6.08. The number of aromatic nitrogens is 2. The summed E-state index contributed by atoms with van der Waals surface area (Å²) in [7, 11) is 0. The molecule has 2 rings (SSSR count). The fraction of sp³-hybridized carbons (Fsp3) is 0.214. The number of carbonyl (C=O) groups is 2. The fourth-order valence-electron chi connectivity index (χ4n) is 1.72. The van der Waals surface area contributed by atoms with E-state index in [0.29, 0.717) is 17.1 Å². The van der Waals surface area contributed by atoms with Gasteiger partial charge in [-0.2, -0.15) is 5.10 Å². The Morgan fingerprint density at radius 1 is 1.43 bits per heavy atom. The van der Waals surface area contributed by atoms with Gasteiger partial charge in [0.25, 0.3) is 5.91 Å². The molecule has 0 aliphatic carbocycles. The summed E-state index contributed by atoms with van der Waals surface area (Å²) in [6, 6.07) is 6.68. The van der Waals surface area contributed by atoms with Crippen LogP contribution in [0.2, 0.25) is 5.02 Å². The van der Waals surface area contributed by atoms with Crippen LogP contribution in [0.15, 0.2) is 36.7 Å². The normalized spacial score (nSPS) is 11.9. The zero-order valence-electron chi connectivity index (χ0n) is 11.4. The molecule has 2 amide bonds. The zero-order chi connectivity index (χ0) is 15.4. The third kappa shape index (κ3) is 3.82. The van der Waals surface area contributed by atoms with E-state index in [2.05, 4.69) is 10.4 Å². The highest BCUT2D eigenvalue weighted by atomic mass is 35.5. The van der Waals surface area contributed by atoms with E-state index in [9.17, 15) is 9.59 Å². The molecular formula is C14H15ClN4O2. The first-order chi connectivity index (χ1) is 9.97. The molecular weight excluding hydrogens is 292 g/mol. The molecule has 0 saturated heterocycles. The van der Waals surface area contributed by atoms with Gasteiger partial charge in [0.15, 0.2) is 0 Å². The second-order valence-electron chi connectivity index (χ2n) is 4.62. The van der Waals surface area contributed by atoms with Gasteiger partial charge in [0, 0.05) is 11.2 Å². The predicted molar refractivity (Wildman–Crippen MR) is 78.9 cm³/mol. The van der Waals surface area contributed by atoms with Crippen LogP contribution in [0.3, 0.4) is 0 Å². The summed E-state index contributed by atoms with van der Waals surface area (Å²) in [6.07, 6.45) is 3.02. The molecule has 1 aromatic heterocycles. The smallest absolute Gasteiger partial charge is 0.255 e. The minimum atomic E-state index is -0.732. The van der Waals surface area contributed by atoms with Crippen LogP contribution in [0.25, 0.3) is 0 Å². The van der Waals surface area contributed by atoms with E-state index in [1.165, 1.54) is 13.1 Å². The summed E-state index contributed by atoms with van der Waals surface area (Å²) in [4.78, 5) is 22.8. The second kappa shape index (κ2) is 6.41. The van der Waals surface area contributed by atoms with Gasteiger partial charge in [-0.15, -0.1) is 0 Å². The van der Waals surface area contributed by atoms with Crippen molar-refractivity contribution in [3.05, 3.63) is 52.8 Å². The number of nitrogens with two attached hydrogens (primary N) is 1. The van der Waals surface area contributed by atoms with Crippen molar-refractivity contribution in [1.82, 2.24) is 15.1 Å². The molecule has 110 valence electrons. The minimum Gasteiger partial charge on any atom is -0.368 e. The molecule has 0 aliphatic heterocycles. The molecule has 0 radical (unpaired) electrons. The van der Waals surface area contributed by atoms with E-state index < -0.39 is 17.9 Å². The van der Waals surface area contributed by atoms with Gasteiger partial charge < -0.3 is 11.1 Å². The van der Waals surface area contributed by atoms with Gasteiger partial charge in [-0.3, -0.25) is 14.3 Å². The molecule has 0 bridgehead atoms. The number of hydrogen-bond acceptors (Lipinski definition) is 3. The lowest BCUT2D eigenvalue weighted by atomic mass is 10.2. The molecule has 3 N–H and O–H groups in total. The number of rotatable bonds is 5. The number of carbonyl (C=O) groups excluding carboxylic acids is 2. The number of nitrogens with zero attached hydrogens (tertiary/aromatic N) is 2. The predicted octanol–water partition coefficient (Wildman–Crippen LogP) is 1.19. The molecule has 0 spiro atoms. The molecule has 1 aromatic carbocycles. The molecule has 0 saturated carbocycles. The van der Waals surface area contributed by atoms with Crippen LogP contribution in [-0.4, -0.2) is 27.6 Å². The summed E-state index contributed by atoms with van der Waals surface area (Å²) in [6.45, 7) is 1.98. The Bertz CT molecular complexity index is 668. The Morgan fingerprint density at radius 2 is 2.14 bits per heavy atom. The van der Waals surface area contributed by atoms with E-state index in [4.69, 9.17) is 17.3 Å². The summed E-state index contributed by atoms with van der Waals surface area (Å²) in [5.74, 6) is -0.987. The van der Waals surface area contributed by atoms with Crippen molar-refractivity contribution in [2.75, 3.05) is 0 Å². The average molecular weight is 307 g/mol. The van der Waals surface area contributed by atoms with Crippen molar-refractivity contribution in [1.29, 1.82) is 0 Å². The topological polar surface area (TPSA) is 90.0 Å². The van der Waals surface area contributed by atoms with Crippen LogP contribution in [0, 0.1) is 0 Å². The summed E-state index contributed by atoms with van der Waals surface area (Å²) in [5.41, 5.74) is 6.36. The number of primary amides is 1. The molecule has 21 heavy (non-hydrogen) atoms. The van der Waals surface area contributed by atoms with Gasteiger partial charge >= 0.3 is 0 Å². The Balaban J connectivity index is 2.06. The largest absolute Gasteiger partial charge is 0.368 e. The maximum absolute atomic E-state index is 11.9. The van der Waals surface area contributed by atoms with Gasteiger partial charge in [-0.05, 0) is 18.6 Å². The lowest BCUT2D eigenvalue weighted by Crippen LogP contribution is -2.42. The van der Waals surface area contributed by atoms with Gasteiger partial charge in [0.1, 0.15) is 6.04 Å². The Kier molecular flexibility index (Phi) is 4.59. The first kappa shape index (κ1) is 15.1. The molecule has 7 heteroatoms. The Hall–Kier alpha value is -2.34. The molecule has 0 aliphatic rings. The van der Waals surface area contributed by atoms with Crippen LogP contribution < -0.4 is 11.1 Å². The van der Waals surface area contributed by atoms with Gasteiger partial charge in [0.05, 0.1) is 18.3 Å². The quantitative estimate of drug-likeness (QED) is 0.869. The highest BCUT2D eigenvalue weighted by Crippen LogP contribution is 2.16.